The molecule has 0 saturated heterocycles. The highest BCUT2D eigenvalue weighted by molar-refractivity contribution is 7.21. The third kappa shape index (κ3) is 3.31. The molecule has 4 aromatic rings. The number of hydrogen-bond acceptors (Lipinski definition) is 6. The Morgan fingerprint density at radius 1 is 1.11 bits per heavy atom. The van der Waals surface area contributed by atoms with E-state index in [1.807, 2.05) is 26.0 Å². The minimum absolute atomic E-state index is 0.186. The number of nitrogens with two attached hydrogens (primary N) is 1. The molecule has 136 valence electrons. The molecule has 1 amide bonds. The molecule has 3 heterocycles. The molecule has 0 unspecified atom stereocenters. The second-order valence-corrected chi connectivity index (χ2v) is 8.11. The van der Waals surface area contributed by atoms with Gasteiger partial charge in [0.15, 0.2) is 0 Å². The lowest BCUT2D eigenvalue weighted by atomic mass is 10.1. The van der Waals surface area contributed by atoms with Crippen molar-refractivity contribution >= 4 is 44.5 Å². The van der Waals surface area contributed by atoms with Crippen LogP contribution in [0, 0.1) is 13.8 Å². The van der Waals surface area contributed by atoms with E-state index in [4.69, 9.17) is 5.73 Å². The predicted molar refractivity (Wildman–Crippen MR) is 112 cm³/mol. The van der Waals surface area contributed by atoms with Gasteiger partial charge in [0.1, 0.15) is 9.71 Å². The average molecular weight is 395 g/mol. The van der Waals surface area contributed by atoms with Gasteiger partial charge in [0, 0.05) is 11.9 Å². The molecule has 0 spiro atoms. The number of thiophene rings is 2. The fraction of sp³-hybridized carbons (Fsp3) is 0.150. The summed E-state index contributed by atoms with van der Waals surface area (Å²) in [5.41, 5.74) is 11.9. The normalized spacial score (nSPS) is 11.0. The summed E-state index contributed by atoms with van der Waals surface area (Å²) in [5.74, 6) is -0.186. The highest BCUT2D eigenvalue weighted by Gasteiger charge is 2.19. The number of anilines is 1. The number of nitrogens with one attached hydrogen (secondary N) is 1. The zero-order valence-electron chi connectivity index (χ0n) is 14.9. The van der Waals surface area contributed by atoms with E-state index in [9.17, 15) is 4.79 Å². The Labute approximate surface area is 164 Å². The summed E-state index contributed by atoms with van der Waals surface area (Å²) >= 11 is 2.96. The molecular weight excluding hydrogens is 376 g/mol. The largest absolute Gasteiger partial charge is 0.397 e. The van der Waals surface area contributed by atoms with Crippen molar-refractivity contribution in [3.8, 4) is 11.1 Å². The molecule has 1 aromatic carbocycles. The van der Waals surface area contributed by atoms with Gasteiger partial charge >= 0.3 is 0 Å². The number of benzene rings is 1. The van der Waals surface area contributed by atoms with Gasteiger partial charge in [0.25, 0.3) is 5.91 Å². The number of nitrogen functional groups attached to an aromatic ring is 1. The minimum atomic E-state index is -0.186. The van der Waals surface area contributed by atoms with Crippen LogP contribution in [0.5, 0.6) is 0 Å². The van der Waals surface area contributed by atoms with Gasteiger partial charge in [-0.15, -0.1) is 16.4 Å². The Morgan fingerprint density at radius 2 is 1.89 bits per heavy atom. The molecule has 4 rings (SSSR count). The number of aromatic nitrogens is 2. The highest BCUT2D eigenvalue weighted by Crippen LogP contribution is 2.34. The van der Waals surface area contributed by atoms with E-state index in [2.05, 4.69) is 44.5 Å². The van der Waals surface area contributed by atoms with E-state index in [0.717, 1.165) is 22.2 Å². The number of nitrogens with zero attached hydrogens (tertiary/aromatic N) is 2. The molecule has 0 aliphatic heterocycles. The summed E-state index contributed by atoms with van der Waals surface area (Å²) in [6.07, 6.45) is 0. The number of carbonyl (C=O) groups is 1. The molecule has 3 aromatic heterocycles. The van der Waals surface area contributed by atoms with Crippen LogP contribution in [0.3, 0.4) is 0 Å². The first-order valence-electron chi connectivity index (χ1n) is 8.46. The topological polar surface area (TPSA) is 80.9 Å². The number of carbonyl (C=O) groups excluding carboxylic acids is 1. The second kappa shape index (κ2) is 7.09. The van der Waals surface area contributed by atoms with E-state index in [-0.39, 0.29) is 5.91 Å². The molecule has 0 fully saturated rings. The summed E-state index contributed by atoms with van der Waals surface area (Å²) in [7, 11) is 0. The van der Waals surface area contributed by atoms with Crippen LogP contribution in [0.4, 0.5) is 5.69 Å². The van der Waals surface area contributed by atoms with Crippen LogP contribution in [0.2, 0.25) is 0 Å². The van der Waals surface area contributed by atoms with Gasteiger partial charge in [0.05, 0.1) is 11.4 Å². The molecule has 7 heteroatoms. The Kier molecular flexibility index (Phi) is 4.63. The van der Waals surface area contributed by atoms with E-state index >= 15 is 0 Å². The van der Waals surface area contributed by atoms with Crippen molar-refractivity contribution in [2.45, 2.75) is 20.4 Å². The lowest BCUT2D eigenvalue weighted by Crippen LogP contribution is -2.22. The third-order valence-electron chi connectivity index (χ3n) is 4.60. The van der Waals surface area contributed by atoms with Gasteiger partial charge in [-0.05, 0) is 52.9 Å². The quantitative estimate of drug-likeness (QED) is 0.532. The fourth-order valence-electron chi connectivity index (χ4n) is 2.92. The molecular formula is C20H18N4OS2. The summed E-state index contributed by atoms with van der Waals surface area (Å²) < 4.78 is 0. The minimum Gasteiger partial charge on any atom is -0.397 e. The number of fused-ring (bicyclic) bond motifs is 1. The van der Waals surface area contributed by atoms with Crippen molar-refractivity contribution in [3.63, 3.8) is 0 Å². The Balaban J connectivity index is 1.50. The summed E-state index contributed by atoms with van der Waals surface area (Å²) in [6.45, 7) is 4.28. The SMILES string of the molecule is Cc1nnc2sc(C(=O)NCc3ccc(-c4ccsc4)cc3)c(N)c2c1C. The van der Waals surface area contributed by atoms with Gasteiger partial charge in [-0.1, -0.05) is 24.3 Å². The lowest BCUT2D eigenvalue weighted by molar-refractivity contribution is 0.0956. The second-order valence-electron chi connectivity index (χ2n) is 6.33. The van der Waals surface area contributed by atoms with Crippen LogP contribution in [-0.4, -0.2) is 16.1 Å². The van der Waals surface area contributed by atoms with Gasteiger partial charge in [-0.3, -0.25) is 4.79 Å². The highest BCUT2D eigenvalue weighted by atomic mass is 32.1. The first-order chi connectivity index (χ1) is 13.0. The molecule has 0 bridgehead atoms. The first-order valence-corrected chi connectivity index (χ1v) is 10.2. The standard InChI is InChI=1S/C20H18N4OS2/c1-11-12(2)23-24-20-16(11)17(21)18(27-20)19(25)22-9-13-3-5-14(6-4-13)15-7-8-26-10-15/h3-8,10H,9,21H2,1-2H3,(H,22,25). The number of aryl methyl sites for hydroxylation is 2. The Bertz CT molecular complexity index is 1120. The number of rotatable bonds is 4. The number of hydrogen-bond donors (Lipinski definition) is 2. The van der Waals surface area contributed by atoms with Crippen molar-refractivity contribution in [3.05, 3.63) is 62.8 Å². The molecule has 27 heavy (non-hydrogen) atoms. The van der Waals surface area contributed by atoms with Crippen LogP contribution in [0.25, 0.3) is 21.3 Å². The monoisotopic (exact) mass is 394 g/mol. The maximum Gasteiger partial charge on any atom is 0.263 e. The van der Waals surface area contributed by atoms with Crippen LogP contribution < -0.4 is 11.1 Å². The van der Waals surface area contributed by atoms with Crippen LogP contribution in [-0.2, 0) is 6.54 Å². The van der Waals surface area contributed by atoms with E-state index in [1.165, 1.54) is 22.5 Å². The maximum absolute atomic E-state index is 12.6. The van der Waals surface area contributed by atoms with Gasteiger partial charge in [-0.2, -0.15) is 16.4 Å². The smallest absolute Gasteiger partial charge is 0.263 e. The molecule has 0 aliphatic carbocycles. The van der Waals surface area contributed by atoms with Gasteiger partial charge in [-0.25, -0.2) is 0 Å². The average Bonchev–Trinajstić information content (AvgIpc) is 3.32. The van der Waals surface area contributed by atoms with Crippen molar-refractivity contribution in [1.29, 1.82) is 0 Å². The Morgan fingerprint density at radius 3 is 2.59 bits per heavy atom. The van der Waals surface area contributed by atoms with Crippen molar-refractivity contribution in [2.75, 3.05) is 5.73 Å². The first kappa shape index (κ1) is 17.6. The zero-order valence-corrected chi connectivity index (χ0v) is 16.6. The molecule has 0 aliphatic rings. The fourth-order valence-corrected chi connectivity index (χ4v) is 4.60. The lowest BCUT2D eigenvalue weighted by Gasteiger charge is -2.06. The van der Waals surface area contributed by atoms with Crippen LogP contribution in [0.15, 0.2) is 41.1 Å². The van der Waals surface area contributed by atoms with Crippen LogP contribution in [0.1, 0.15) is 26.5 Å². The van der Waals surface area contributed by atoms with Crippen LogP contribution >= 0.6 is 22.7 Å². The third-order valence-corrected chi connectivity index (χ3v) is 6.37. The summed E-state index contributed by atoms with van der Waals surface area (Å²) in [5, 5.41) is 16.2. The molecule has 0 radical (unpaired) electrons. The zero-order chi connectivity index (χ0) is 19.0. The predicted octanol–water partition coefficient (Wildman–Crippen LogP) is 4.55. The molecule has 0 saturated carbocycles. The molecule has 0 atom stereocenters. The Hall–Kier alpha value is -2.77. The summed E-state index contributed by atoms with van der Waals surface area (Å²) in [6, 6.07) is 10.3. The van der Waals surface area contributed by atoms with Crippen molar-refractivity contribution in [1.82, 2.24) is 15.5 Å². The molecule has 5 nitrogen and oxygen atoms in total. The van der Waals surface area contributed by atoms with Gasteiger partial charge < -0.3 is 11.1 Å². The van der Waals surface area contributed by atoms with E-state index in [0.29, 0.717) is 21.9 Å². The number of amides is 1. The van der Waals surface area contributed by atoms with E-state index in [1.54, 1.807) is 11.3 Å². The van der Waals surface area contributed by atoms with Crippen molar-refractivity contribution in [2.24, 2.45) is 0 Å². The van der Waals surface area contributed by atoms with E-state index < -0.39 is 0 Å². The van der Waals surface area contributed by atoms with Gasteiger partial charge in [0.2, 0.25) is 0 Å². The molecule has 3 N–H and O–H groups in total. The summed E-state index contributed by atoms with van der Waals surface area (Å²) in [4.78, 5) is 13.8. The van der Waals surface area contributed by atoms with Crippen molar-refractivity contribution < 1.29 is 4.79 Å². The maximum atomic E-state index is 12.6.